The predicted molar refractivity (Wildman–Crippen MR) is 76.4 cm³/mol. The Kier molecular flexibility index (Phi) is 5.94. The van der Waals surface area contributed by atoms with E-state index in [1.807, 2.05) is 6.07 Å². The van der Waals surface area contributed by atoms with Gasteiger partial charge in [0.25, 0.3) is 0 Å². The average Bonchev–Trinajstić information content (AvgIpc) is 2.44. The van der Waals surface area contributed by atoms with Crippen LogP contribution in [0.2, 0.25) is 5.02 Å². The molecule has 0 bridgehead atoms. The standard InChI is InChI=1S/C13H16ClN3O3/c1-17(6-4-5-15)13(18)16-10-7-9(14)11(19-2)8-12(10)20-3/h7-8H,4,6H2,1-3H3,(H,16,18). The van der Waals surface area contributed by atoms with Crippen molar-refractivity contribution < 1.29 is 14.3 Å². The summed E-state index contributed by atoms with van der Waals surface area (Å²) in [5.74, 6) is 0.896. The Hall–Kier alpha value is -2.13. The lowest BCUT2D eigenvalue weighted by atomic mass is 10.2. The number of nitrogens with zero attached hydrogens (tertiary/aromatic N) is 2. The van der Waals surface area contributed by atoms with E-state index in [2.05, 4.69) is 5.32 Å². The monoisotopic (exact) mass is 297 g/mol. The summed E-state index contributed by atoms with van der Waals surface area (Å²) in [6.07, 6.45) is 0.268. The zero-order valence-electron chi connectivity index (χ0n) is 11.6. The summed E-state index contributed by atoms with van der Waals surface area (Å²) in [4.78, 5) is 13.3. The number of hydrogen-bond donors (Lipinski definition) is 1. The molecule has 0 aliphatic carbocycles. The predicted octanol–water partition coefficient (Wildman–Crippen LogP) is 2.73. The fourth-order valence-electron chi connectivity index (χ4n) is 1.49. The van der Waals surface area contributed by atoms with Gasteiger partial charge in [-0.05, 0) is 6.07 Å². The van der Waals surface area contributed by atoms with Crippen LogP contribution >= 0.6 is 11.6 Å². The van der Waals surface area contributed by atoms with Crippen molar-refractivity contribution in [2.45, 2.75) is 6.42 Å². The average molecular weight is 298 g/mol. The third kappa shape index (κ3) is 3.93. The molecule has 0 radical (unpaired) electrons. The Morgan fingerprint density at radius 3 is 2.60 bits per heavy atom. The van der Waals surface area contributed by atoms with E-state index in [1.54, 1.807) is 19.2 Å². The maximum Gasteiger partial charge on any atom is 0.321 e. The van der Waals surface area contributed by atoms with Gasteiger partial charge in [0.1, 0.15) is 11.5 Å². The summed E-state index contributed by atoms with van der Waals surface area (Å²) in [6, 6.07) is 4.77. The van der Waals surface area contributed by atoms with Crippen molar-refractivity contribution in [2.24, 2.45) is 0 Å². The first kappa shape index (κ1) is 15.9. The second-order valence-electron chi connectivity index (χ2n) is 3.95. The molecule has 7 heteroatoms. The number of urea groups is 1. The normalized spacial score (nSPS) is 9.55. The number of hydrogen-bond acceptors (Lipinski definition) is 4. The maximum atomic E-state index is 11.9. The molecule has 108 valence electrons. The minimum absolute atomic E-state index is 0.268. The van der Waals surface area contributed by atoms with Gasteiger partial charge < -0.3 is 19.7 Å². The number of nitriles is 1. The Morgan fingerprint density at radius 1 is 1.40 bits per heavy atom. The molecular formula is C13H16ClN3O3. The number of nitrogens with one attached hydrogen (secondary N) is 1. The number of carbonyl (C=O) groups is 1. The van der Waals surface area contributed by atoms with E-state index in [1.165, 1.54) is 19.1 Å². The van der Waals surface area contributed by atoms with Crippen molar-refractivity contribution in [1.29, 1.82) is 5.26 Å². The lowest BCUT2D eigenvalue weighted by molar-refractivity contribution is 0.223. The molecule has 1 aromatic carbocycles. The zero-order valence-corrected chi connectivity index (χ0v) is 12.3. The van der Waals surface area contributed by atoms with Crippen LogP contribution in [0.4, 0.5) is 10.5 Å². The Balaban J connectivity index is 2.89. The van der Waals surface area contributed by atoms with Crippen molar-refractivity contribution in [1.82, 2.24) is 4.90 Å². The number of anilines is 1. The van der Waals surface area contributed by atoms with Crippen molar-refractivity contribution >= 4 is 23.3 Å². The quantitative estimate of drug-likeness (QED) is 0.907. The van der Waals surface area contributed by atoms with Crippen LogP contribution in [0.5, 0.6) is 11.5 Å². The van der Waals surface area contributed by atoms with Gasteiger partial charge in [-0.15, -0.1) is 0 Å². The third-order valence-electron chi connectivity index (χ3n) is 2.62. The van der Waals surface area contributed by atoms with Crippen molar-refractivity contribution in [3.63, 3.8) is 0 Å². The summed E-state index contributed by atoms with van der Waals surface area (Å²) in [6.45, 7) is 0.342. The fraction of sp³-hybridized carbons (Fsp3) is 0.385. The summed E-state index contributed by atoms with van der Waals surface area (Å²) >= 11 is 6.02. The van der Waals surface area contributed by atoms with Gasteiger partial charge in [0.2, 0.25) is 0 Å². The van der Waals surface area contributed by atoms with Crippen molar-refractivity contribution in [3.05, 3.63) is 17.2 Å². The molecule has 2 amide bonds. The molecule has 0 heterocycles. The lowest BCUT2D eigenvalue weighted by Crippen LogP contribution is -2.32. The molecule has 0 atom stereocenters. The molecule has 0 aliphatic rings. The second kappa shape index (κ2) is 7.46. The zero-order chi connectivity index (χ0) is 15.1. The first-order chi connectivity index (χ1) is 9.53. The number of rotatable bonds is 5. The molecule has 1 rings (SSSR count). The number of amides is 2. The van der Waals surface area contributed by atoms with Crippen molar-refractivity contribution in [3.8, 4) is 17.6 Å². The van der Waals surface area contributed by atoms with Crippen LogP contribution in [0.1, 0.15) is 6.42 Å². The van der Waals surface area contributed by atoms with E-state index in [4.69, 9.17) is 26.3 Å². The van der Waals surface area contributed by atoms with Crippen LogP contribution in [0.25, 0.3) is 0 Å². The first-order valence-electron chi connectivity index (χ1n) is 5.84. The summed E-state index contributed by atoms with van der Waals surface area (Å²) in [7, 11) is 4.58. The Bertz CT molecular complexity index is 528. The summed E-state index contributed by atoms with van der Waals surface area (Å²) < 4.78 is 10.3. The van der Waals surface area contributed by atoms with Gasteiger partial charge in [-0.1, -0.05) is 11.6 Å². The van der Waals surface area contributed by atoms with Gasteiger partial charge in [0.05, 0.1) is 37.4 Å². The number of ether oxygens (including phenoxy) is 2. The van der Waals surface area contributed by atoms with Gasteiger partial charge in [-0.3, -0.25) is 0 Å². The van der Waals surface area contributed by atoms with Crippen LogP contribution in [0, 0.1) is 11.3 Å². The highest BCUT2D eigenvalue weighted by molar-refractivity contribution is 6.32. The third-order valence-corrected chi connectivity index (χ3v) is 2.92. The van der Waals surface area contributed by atoms with Crippen LogP contribution < -0.4 is 14.8 Å². The first-order valence-corrected chi connectivity index (χ1v) is 6.21. The van der Waals surface area contributed by atoms with E-state index in [0.29, 0.717) is 28.8 Å². The topological polar surface area (TPSA) is 74.6 Å². The summed E-state index contributed by atoms with van der Waals surface area (Å²) in [5.41, 5.74) is 0.437. The van der Waals surface area contributed by atoms with Crippen LogP contribution in [0.15, 0.2) is 12.1 Å². The highest BCUT2D eigenvalue weighted by Crippen LogP contribution is 2.35. The highest BCUT2D eigenvalue weighted by Gasteiger charge is 2.14. The number of carbonyl (C=O) groups excluding carboxylic acids is 1. The van der Waals surface area contributed by atoms with E-state index < -0.39 is 0 Å². The SMILES string of the molecule is COc1cc(OC)c(NC(=O)N(C)CCC#N)cc1Cl. The minimum atomic E-state index is -0.347. The van der Waals surface area contributed by atoms with Gasteiger partial charge in [-0.2, -0.15) is 5.26 Å². The van der Waals surface area contributed by atoms with Gasteiger partial charge in [0.15, 0.2) is 0 Å². The van der Waals surface area contributed by atoms with Crippen LogP contribution in [0.3, 0.4) is 0 Å². The maximum absolute atomic E-state index is 11.9. The van der Waals surface area contributed by atoms with E-state index in [0.717, 1.165) is 0 Å². The second-order valence-corrected chi connectivity index (χ2v) is 4.35. The number of halogens is 1. The Labute approximate surface area is 122 Å². The summed E-state index contributed by atoms with van der Waals surface area (Å²) in [5, 5.41) is 11.5. The minimum Gasteiger partial charge on any atom is -0.495 e. The Morgan fingerprint density at radius 2 is 2.05 bits per heavy atom. The molecule has 6 nitrogen and oxygen atoms in total. The van der Waals surface area contributed by atoms with Gasteiger partial charge >= 0.3 is 6.03 Å². The molecular weight excluding hydrogens is 282 g/mol. The van der Waals surface area contributed by atoms with E-state index in [9.17, 15) is 4.79 Å². The molecule has 0 saturated carbocycles. The molecule has 0 fully saturated rings. The molecule has 1 aromatic rings. The molecule has 0 unspecified atom stereocenters. The number of methoxy groups -OCH3 is 2. The smallest absolute Gasteiger partial charge is 0.321 e. The van der Waals surface area contributed by atoms with E-state index in [-0.39, 0.29) is 12.5 Å². The van der Waals surface area contributed by atoms with Gasteiger partial charge in [-0.25, -0.2) is 4.79 Å². The highest BCUT2D eigenvalue weighted by atomic mass is 35.5. The van der Waals surface area contributed by atoms with Crippen LogP contribution in [-0.2, 0) is 0 Å². The lowest BCUT2D eigenvalue weighted by Gasteiger charge is -2.18. The van der Waals surface area contributed by atoms with E-state index >= 15 is 0 Å². The molecule has 0 aromatic heterocycles. The molecule has 0 aliphatic heterocycles. The molecule has 20 heavy (non-hydrogen) atoms. The number of benzene rings is 1. The molecule has 0 spiro atoms. The molecule has 0 saturated heterocycles. The van der Waals surface area contributed by atoms with Crippen LogP contribution in [-0.4, -0.2) is 38.7 Å². The largest absolute Gasteiger partial charge is 0.495 e. The fourth-order valence-corrected chi connectivity index (χ4v) is 1.73. The van der Waals surface area contributed by atoms with Crippen molar-refractivity contribution in [2.75, 3.05) is 33.1 Å². The molecule has 1 N–H and O–H groups in total. The van der Waals surface area contributed by atoms with Gasteiger partial charge in [0, 0.05) is 19.7 Å².